The quantitative estimate of drug-likeness (QED) is 0.651. The molecule has 1 aliphatic rings. The summed E-state index contributed by atoms with van der Waals surface area (Å²) in [5.74, 6) is 0.697. The summed E-state index contributed by atoms with van der Waals surface area (Å²) >= 11 is 6.23. The molecule has 27 heavy (non-hydrogen) atoms. The minimum atomic E-state index is -0.122. The van der Waals surface area contributed by atoms with Crippen LogP contribution in [0.4, 0.5) is 5.69 Å². The van der Waals surface area contributed by atoms with Crippen molar-refractivity contribution in [2.24, 2.45) is 5.16 Å². The van der Waals surface area contributed by atoms with Gasteiger partial charge in [0, 0.05) is 37.8 Å². The summed E-state index contributed by atoms with van der Waals surface area (Å²) in [5.41, 5.74) is 3.92. The van der Waals surface area contributed by atoms with Crippen molar-refractivity contribution in [1.29, 1.82) is 0 Å². The van der Waals surface area contributed by atoms with Crippen LogP contribution in [0.2, 0.25) is 5.02 Å². The van der Waals surface area contributed by atoms with Crippen molar-refractivity contribution in [3.05, 3.63) is 65.3 Å². The van der Waals surface area contributed by atoms with Crippen molar-refractivity contribution in [1.82, 2.24) is 4.98 Å². The Morgan fingerprint density at radius 3 is 2.74 bits per heavy atom. The maximum absolute atomic E-state index is 6.23. The number of benzene rings is 2. The summed E-state index contributed by atoms with van der Waals surface area (Å²) in [6.07, 6.45) is 2.32. The minimum Gasteiger partial charge on any atom is -0.487 e. The topological polar surface area (TPSA) is 47.0 Å². The molecule has 138 valence electrons. The first-order chi connectivity index (χ1) is 13.1. The van der Waals surface area contributed by atoms with E-state index in [2.05, 4.69) is 39.3 Å². The third-order valence-electron chi connectivity index (χ3n) is 4.55. The highest BCUT2D eigenvalue weighted by Gasteiger charge is 2.23. The van der Waals surface area contributed by atoms with Gasteiger partial charge in [0.15, 0.2) is 6.10 Å². The second kappa shape index (κ2) is 7.45. The van der Waals surface area contributed by atoms with Crippen LogP contribution in [0.1, 0.15) is 12.0 Å². The summed E-state index contributed by atoms with van der Waals surface area (Å²) in [5, 5.41) is 5.78. The summed E-state index contributed by atoms with van der Waals surface area (Å²) in [7, 11) is 4.04. The third-order valence-corrected chi connectivity index (χ3v) is 4.88. The Morgan fingerprint density at radius 2 is 1.96 bits per heavy atom. The molecule has 0 fully saturated rings. The number of hydrogen-bond acceptors (Lipinski definition) is 5. The summed E-state index contributed by atoms with van der Waals surface area (Å²) in [6.45, 7) is 0.399. The molecule has 3 aromatic rings. The van der Waals surface area contributed by atoms with Crippen LogP contribution in [-0.2, 0) is 4.84 Å². The van der Waals surface area contributed by atoms with E-state index < -0.39 is 0 Å². The highest BCUT2D eigenvalue weighted by molar-refractivity contribution is 6.35. The molecule has 1 aromatic heterocycles. The van der Waals surface area contributed by atoms with Gasteiger partial charge < -0.3 is 14.5 Å². The lowest BCUT2D eigenvalue weighted by atomic mass is 10.0. The molecule has 0 aliphatic carbocycles. The first-order valence-electron chi connectivity index (χ1n) is 8.78. The molecule has 0 spiro atoms. The predicted octanol–water partition coefficient (Wildman–Crippen LogP) is 4.53. The molecule has 0 amide bonds. The molecular weight excluding hydrogens is 362 g/mol. The minimum absolute atomic E-state index is 0.122. The van der Waals surface area contributed by atoms with Gasteiger partial charge in [0.2, 0.25) is 0 Å². The van der Waals surface area contributed by atoms with Crippen LogP contribution in [-0.4, -0.2) is 37.5 Å². The van der Waals surface area contributed by atoms with Crippen molar-refractivity contribution >= 4 is 33.9 Å². The average molecular weight is 382 g/mol. The van der Waals surface area contributed by atoms with Gasteiger partial charge in [-0.2, -0.15) is 0 Å². The number of rotatable bonds is 5. The van der Waals surface area contributed by atoms with E-state index >= 15 is 0 Å². The van der Waals surface area contributed by atoms with E-state index in [-0.39, 0.29) is 6.10 Å². The van der Waals surface area contributed by atoms with E-state index in [1.54, 1.807) is 6.20 Å². The molecule has 0 N–H and O–H groups in total. The van der Waals surface area contributed by atoms with E-state index in [0.717, 1.165) is 27.9 Å². The summed E-state index contributed by atoms with van der Waals surface area (Å²) in [6, 6.07) is 15.7. The second-order valence-electron chi connectivity index (χ2n) is 6.67. The zero-order chi connectivity index (χ0) is 18.8. The first-order valence-corrected chi connectivity index (χ1v) is 9.16. The second-order valence-corrected chi connectivity index (χ2v) is 7.07. The van der Waals surface area contributed by atoms with Gasteiger partial charge in [-0.25, -0.2) is 0 Å². The summed E-state index contributed by atoms with van der Waals surface area (Å²) in [4.78, 5) is 12.0. The number of hydrogen-bond donors (Lipinski definition) is 0. The smallest absolute Gasteiger partial charge is 0.167 e. The molecule has 2 heterocycles. The highest BCUT2D eigenvalue weighted by Crippen LogP contribution is 2.30. The Morgan fingerprint density at radius 1 is 1.15 bits per heavy atom. The number of halogens is 1. The number of anilines is 1. The number of oxime groups is 1. The molecule has 0 radical (unpaired) electrons. The molecule has 1 aliphatic heterocycles. The zero-order valence-corrected chi connectivity index (χ0v) is 16.0. The average Bonchev–Trinajstić information content (AvgIpc) is 3.17. The molecule has 4 rings (SSSR count). The predicted molar refractivity (Wildman–Crippen MR) is 109 cm³/mol. The van der Waals surface area contributed by atoms with Crippen molar-refractivity contribution in [3.8, 4) is 5.75 Å². The van der Waals surface area contributed by atoms with E-state index in [4.69, 9.17) is 21.2 Å². The maximum atomic E-state index is 6.23. The van der Waals surface area contributed by atoms with Gasteiger partial charge in [-0.3, -0.25) is 4.98 Å². The van der Waals surface area contributed by atoms with Gasteiger partial charge >= 0.3 is 0 Å². The van der Waals surface area contributed by atoms with Crippen LogP contribution in [0.5, 0.6) is 5.75 Å². The monoisotopic (exact) mass is 381 g/mol. The zero-order valence-electron chi connectivity index (χ0n) is 15.2. The largest absolute Gasteiger partial charge is 0.487 e. The van der Waals surface area contributed by atoms with Crippen LogP contribution in [0.15, 0.2) is 59.9 Å². The fourth-order valence-corrected chi connectivity index (χ4v) is 3.27. The number of nitrogens with zero attached hydrogens (tertiary/aromatic N) is 3. The van der Waals surface area contributed by atoms with Crippen molar-refractivity contribution in [2.45, 2.75) is 12.5 Å². The Kier molecular flexibility index (Phi) is 4.86. The highest BCUT2D eigenvalue weighted by atomic mass is 35.5. The maximum Gasteiger partial charge on any atom is 0.167 e. The van der Waals surface area contributed by atoms with Gasteiger partial charge in [0.25, 0.3) is 0 Å². The standard InChI is InChI=1S/C21H20ClN3O2/c1-25(2)15-7-5-14(6-8-15)19-12-16(27-24-19)13-26-20-10-9-18(22)17-4-3-11-23-21(17)20/h3-11,16H,12-13H2,1-2H3. The van der Waals surface area contributed by atoms with E-state index in [1.807, 2.05) is 38.4 Å². The van der Waals surface area contributed by atoms with Gasteiger partial charge in [-0.05, 0) is 42.0 Å². The molecule has 0 bridgehead atoms. The molecule has 6 heteroatoms. The molecule has 1 unspecified atom stereocenters. The number of pyridine rings is 1. The number of aromatic nitrogens is 1. The molecule has 2 aromatic carbocycles. The van der Waals surface area contributed by atoms with E-state index in [9.17, 15) is 0 Å². The van der Waals surface area contributed by atoms with Crippen molar-refractivity contribution in [3.63, 3.8) is 0 Å². The lowest BCUT2D eigenvalue weighted by molar-refractivity contribution is 0.0475. The van der Waals surface area contributed by atoms with Crippen molar-refractivity contribution < 1.29 is 9.57 Å². The van der Waals surface area contributed by atoms with E-state index in [1.165, 1.54) is 0 Å². The molecule has 0 saturated carbocycles. The van der Waals surface area contributed by atoms with Gasteiger partial charge in [-0.15, -0.1) is 0 Å². The van der Waals surface area contributed by atoms with Gasteiger partial charge in [0.1, 0.15) is 17.9 Å². The Bertz CT molecular complexity index is 986. The van der Waals surface area contributed by atoms with Crippen LogP contribution >= 0.6 is 11.6 Å². The van der Waals surface area contributed by atoms with Crippen LogP contribution in [0.25, 0.3) is 10.9 Å². The van der Waals surface area contributed by atoms with Gasteiger partial charge in [-0.1, -0.05) is 28.9 Å². The number of ether oxygens (including phenoxy) is 1. The van der Waals surface area contributed by atoms with Gasteiger partial charge in [0.05, 0.1) is 10.7 Å². The Labute approximate surface area is 163 Å². The van der Waals surface area contributed by atoms with Crippen molar-refractivity contribution in [2.75, 3.05) is 25.6 Å². The third kappa shape index (κ3) is 3.69. The van der Waals surface area contributed by atoms with Crippen LogP contribution in [0, 0.1) is 0 Å². The summed E-state index contributed by atoms with van der Waals surface area (Å²) < 4.78 is 5.97. The normalized spacial score (nSPS) is 16.1. The SMILES string of the molecule is CN(C)c1ccc(C2=NOC(COc3ccc(Cl)c4cccnc34)C2)cc1. The van der Waals surface area contributed by atoms with Crippen LogP contribution < -0.4 is 9.64 Å². The Hall–Kier alpha value is -2.79. The first kappa shape index (κ1) is 17.6. The molecular formula is C21H20ClN3O2. The fourth-order valence-electron chi connectivity index (χ4n) is 3.05. The van der Waals surface area contributed by atoms with Crippen LogP contribution in [0.3, 0.4) is 0 Å². The fraction of sp³-hybridized carbons (Fsp3) is 0.238. The molecule has 1 atom stereocenters. The number of fused-ring (bicyclic) bond motifs is 1. The van der Waals surface area contributed by atoms with E-state index in [0.29, 0.717) is 23.8 Å². The molecule has 0 saturated heterocycles. The lowest BCUT2D eigenvalue weighted by Crippen LogP contribution is -2.18. The lowest BCUT2D eigenvalue weighted by Gasteiger charge is -2.13. The molecule has 5 nitrogen and oxygen atoms in total. The Balaban J connectivity index is 1.41.